The summed E-state index contributed by atoms with van der Waals surface area (Å²) >= 11 is 0. The van der Waals surface area contributed by atoms with Crippen molar-refractivity contribution in [2.75, 3.05) is 29.2 Å². The number of rotatable bonds is 2. The minimum absolute atomic E-state index is 0.0743. The molecule has 0 aromatic carbocycles. The maximum atomic E-state index is 12.2. The first kappa shape index (κ1) is 14.1. The van der Waals surface area contributed by atoms with Gasteiger partial charge in [-0.1, -0.05) is 6.92 Å². The van der Waals surface area contributed by atoms with Gasteiger partial charge in [0.05, 0.1) is 5.69 Å². The Morgan fingerprint density at radius 1 is 1.19 bits per heavy atom. The predicted octanol–water partition coefficient (Wildman–Crippen LogP) is 1.80. The number of nitrogens with zero attached hydrogens (tertiary/aromatic N) is 4. The Bertz CT molecular complexity index is 582. The molecule has 21 heavy (non-hydrogen) atoms. The molecule has 1 aromatic heterocycles. The summed E-state index contributed by atoms with van der Waals surface area (Å²) in [7, 11) is 3.71. The highest BCUT2D eigenvalue weighted by molar-refractivity contribution is 6.04. The van der Waals surface area contributed by atoms with Gasteiger partial charge < -0.3 is 15.1 Å². The van der Waals surface area contributed by atoms with Crippen LogP contribution in [0.3, 0.4) is 0 Å². The average Bonchev–Trinajstić information content (AvgIpc) is 2.40. The van der Waals surface area contributed by atoms with Crippen LogP contribution in [0.5, 0.6) is 0 Å². The van der Waals surface area contributed by atoms with Crippen LogP contribution in [0, 0.1) is 12.8 Å². The van der Waals surface area contributed by atoms with Gasteiger partial charge in [-0.15, -0.1) is 0 Å². The standard InChI is InChI=1S/C15H23N5O/c1-8-6-11(7-8)17-15-16-9(2)12-13(18-15)19(4)10(3)14(21)20(12)5/h8,10-11H,6-7H2,1-5H3,(H,16,17,18)/t8-,10-,11-/m0/s1. The second-order valence-electron chi connectivity index (χ2n) is 6.41. The lowest BCUT2D eigenvalue weighted by Gasteiger charge is -2.38. The number of likely N-dealkylation sites (N-methyl/N-ethyl adjacent to an activating group) is 2. The first-order chi connectivity index (χ1) is 9.88. The van der Waals surface area contributed by atoms with Crippen LogP contribution in [0.2, 0.25) is 0 Å². The van der Waals surface area contributed by atoms with Gasteiger partial charge in [0.25, 0.3) is 0 Å². The lowest BCUT2D eigenvalue weighted by atomic mass is 9.82. The van der Waals surface area contributed by atoms with Crippen molar-refractivity contribution < 1.29 is 4.79 Å². The van der Waals surface area contributed by atoms with Crippen molar-refractivity contribution in [2.24, 2.45) is 5.92 Å². The monoisotopic (exact) mass is 289 g/mol. The van der Waals surface area contributed by atoms with E-state index in [0.717, 1.165) is 23.1 Å². The highest BCUT2D eigenvalue weighted by Gasteiger charge is 2.35. The maximum absolute atomic E-state index is 12.2. The number of hydrogen-bond donors (Lipinski definition) is 1. The van der Waals surface area contributed by atoms with E-state index in [9.17, 15) is 4.79 Å². The van der Waals surface area contributed by atoms with Crippen LogP contribution in [0.1, 0.15) is 32.4 Å². The van der Waals surface area contributed by atoms with Crippen LogP contribution < -0.4 is 15.1 Å². The first-order valence-electron chi connectivity index (χ1n) is 7.54. The van der Waals surface area contributed by atoms with Gasteiger partial charge in [0.15, 0.2) is 5.82 Å². The van der Waals surface area contributed by atoms with E-state index in [-0.39, 0.29) is 11.9 Å². The molecule has 114 valence electrons. The van der Waals surface area contributed by atoms with E-state index < -0.39 is 0 Å². The smallest absolute Gasteiger partial charge is 0.249 e. The minimum Gasteiger partial charge on any atom is -0.351 e. The molecule has 0 spiro atoms. The quantitative estimate of drug-likeness (QED) is 0.899. The average molecular weight is 289 g/mol. The summed E-state index contributed by atoms with van der Waals surface area (Å²) in [6.07, 6.45) is 2.34. The molecule has 1 saturated carbocycles. The third-order valence-electron chi connectivity index (χ3n) is 4.69. The molecule has 3 rings (SSSR count). The highest BCUT2D eigenvalue weighted by Crippen LogP contribution is 2.36. The van der Waals surface area contributed by atoms with Crippen molar-refractivity contribution in [3.05, 3.63) is 5.69 Å². The molecule has 0 radical (unpaired) electrons. The Morgan fingerprint density at radius 3 is 2.48 bits per heavy atom. The summed E-state index contributed by atoms with van der Waals surface area (Å²) in [5, 5.41) is 3.41. The third-order valence-corrected chi connectivity index (χ3v) is 4.69. The number of carbonyl (C=O) groups is 1. The lowest BCUT2D eigenvalue weighted by Crippen LogP contribution is -2.50. The molecule has 1 aromatic rings. The molecule has 6 nitrogen and oxygen atoms in total. The molecule has 1 aliphatic carbocycles. The van der Waals surface area contributed by atoms with Crippen molar-refractivity contribution in [1.82, 2.24) is 9.97 Å². The topological polar surface area (TPSA) is 61.4 Å². The van der Waals surface area contributed by atoms with Gasteiger partial charge in [-0.25, -0.2) is 4.98 Å². The van der Waals surface area contributed by atoms with E-state index in [4.69, 9.17) is 0 Å². The second kappa shape index (κ2) is 4.86. The normalized spacial score (nSPS) is 28.2. The molecule has 1 N–H and O–H groups in total. The van der Waals surface area contributed by atoms with Crippen LogP contribution in [-0.4, -0.2) is 42.1 Å². The highest BCUT2D eigenvalue weighted by atomic mass is 16.2. The van der Waals surface area contributed by atoms with Crippen molar-refractivity contribution >= 4 is 23.4 Å². The van der Waals surface area contributed by atoms with Gasteiger partial charge in [0.2, 0.25) is 11.9 Å². The summed E-state index contributed by atoms with van der Waals surface area (Å²) in [4.78, 5) is 25.0. The van der Waals surface area contributed by atoms with E-state index >= 15 is 0 Å². The van der Waals surface area contributed by atoms with Gasteiger partial charge in [-0.2, -0.15) is 4.98 Å². The molecule has 0 bridgehead atoms. The molecule has 1 amide bonds. The second-order valence-corrected chi connectivity index (χ2v) is 6.41. The predicted molar refractivity (Wildman–Crippen MR) is 83.9 cm³/mol. The van der Waals surface area contributed by atoms with Crippen molar-refractivity contribution in [3.63, 3.8) is 0 Å². The van der Waals surface area contributed by atoms with Crippen LogP contribution >= 0.6 is 0 Å². The summed E-state index contributed by atoms with van der Waals surface area (Å²) in [5.41, 5.74) is 1.65. The fraction of sp³-hybridized carbons (Fsp3) is 0.667. The molecule has 6 heteroatoms. The van der Waals surface area contributed by atoms with Gasteiger partial charge in [0, 0.05) is 20.1 Å². The minimum atomic E-state index is -0.201. The van der Waals surface area contributed by atoms with Crippen molar-refractivity contribution in [3.8, 4) is 0 Å². The van der Waals surface area contributed by atoms with E-state index in [1.807, 2.05) is 25.8 Å². The number of hydrogen-bond acceptors (Lipinski definition) is 5. The number of amides is 1. The van der Waals surface area contributed by atoms with Crippen molar-refractivity contribution in [1.29, 1.82) is 0 Å². The molecule has 2 aliphatic rings. The fourth-order valence-corrected chi connectivity index (χ4v) is 3.20. The molecular weight excluding hydrogens is 266 g/mol. The Hall–Kier alpha value is -1.85. The zero-order chi connectivity index (χ0) is 15.3. The van der Waals surface area contributed by atoms with Crippen molar-refractivity contribution in [2.45, 2.75) is 45.7 Å². The van der Waals surface area contributed by atoms with Gasteiger partial charge in [-0.05, 0) is 32.6 Å². The number of aryl methyl sites for hydroxylation is 1. The molecule has 1 fully saturated rings. The Kier molecular flexibility index (Phi) is 3.26. The largest absolute Gasteiger partial charge is 0.351 e. The van der Waals surface area contributed by atoms with Gasteiger partial charge >= 0.3 is 0 Å². The van der Waals surface area contributed by atoms with Crippen LogP contribution in [-0.2, 0) is 4.79 Å². The van der Waals surface area contributed by atoms with E-state index in [2.05, 4.69) is 22.2 Å². The SMILES string of the molecule is Cc1nc(N[C@H]2C[C@H](C)C2)nc2c1N(C)C(=O)[C@H](C)N2C. The fourth-order valence-electron chi connectivity index (χ4n) is 3.20. The van der Waals surface area contributed by atoms with Crippen LogP contribution in [0.4, 0.5) is 17.5 Å². The van der Waals surface area contributed by atoms with Gasteiger partial charge in [-0.3, -0.25) is 4.79 Å². The number of anilines is 3. The summed E-state index contributed by atoms with van der Waals surface area (Å²) in [5.74, 6) is 2.36. The number of fused-ring (bicyclic) bond motifs is 1. The lowest BCUT2D eigenvalue weighted by molar-refractivity contribution is -0.119. The Labute approximate surface area is 125 Å². The Morgan fingerprint density at radius 2 is 1.86 bits per heavy atom. The molecular formula is C15H23N5O. The van der Waals surface area contributed by atoms with E-state index in [0.29, 0.717) is 12.0 Å². The molecule has 2 heterocycles. The third kappa shape index (κ3) is 2.22. The maximum Gasteiger partial charge on any atom is 0.249 e. The summed E-state index contributed by atoms with van der Waals surface area (Å²) < 4.78 is 0. The van der Waals surface area contributed by atoms with Gasteiger partial charge in [0.1, 0.15) is 11.7 Å². The van der Waals surface area contributed by atoms with Crippen LogP contribution in [0.15, 0.2) is 0 Å². The zero-order valence-electron chi connectivity index (χ0n) is 13.3. The number of nitrogens with one attached hydrogen (secondary N) is 1. The molecule has 1 aliphatic heterocycles. The Balaban J connectivity index is 1.94. The van der Waals surface area contributed by atoms with Crippen LogP contribution in [0.25, 0.3) is 0 Å². The molecule has 0 saturated heterocycles. The number of carbonyl (C=O) groups excluding carboxylic acids is 1. The molecule has 0 unspecified atom stereocenters. The van der Waals surface area contributed by atoms with E-state index in [1.54, 1.807) is 11.9 Å². The first-order valence-corrected chi connectivity index (χ1v) is 7.54. The van der Waals surface area contributed by atoms with E-state index in [1.165, 1.54) is 12.8 Å². The summed E-state index contributed by atoms with van der Waals surface area (Å²) in [6.45, 7) is 6.09. The zero-order valence-corrected chi connectivity index (χ0v) is 13.3. The summed E-state index contributed by atoms with van der Waals surface area (Å²) in [6, 6.07) is 0.275. The molecule has 1 atom stereocenters. The number of aromatic nitrogens is 2.